The summed E-state index contributed by atoms with van der Waals surface area (Å²) in [4.78, 5) is 19.5. The van der Waals surface area contributed by atoms with Gasteiger partial charge in [-0.3, -0.25) is 9.69 Å². The van der Waals surface area contributed by atoms with E-state index in [0.717, 1.165) is 29.5 Å². The van der Waals surface area contributed by atoms with Crippen LogP contribution >= 0.6 is 22.9 Å². The average Bonchev–Trinajstić information content (AvgIpc) is 3.12. The minimum absolute atomic E-state index is 0.0108. The first-order chi connectivity index (χ1) is 14.2. The molecule has 0 radical (unpaired) electrons. The Hall–Kier alpha value is -1.63. The quantitative estimate of drug-likeness (QED) is 0.629. The Morgan fingerprint density at radius 3 is 2.60 bits per heavy atom. The molecule has 1 N–H and O–H groups in total. The second-order valence-electron chi connectivity index (χ2n) is 9.09. The van der Waals surface area contributed by atoms with Crippen LogP contribution in [0.4, 0.5) is 0 Å². The van der Waals surface area contributed by atoms with Crippen LogP contribution in [0.1, 0.15) is 44.8 Å². The number of hydrogen-bond acceptors (Lipinski definition) is 5. The summed E-state index contributed by atoms with van der Waals surface area (Å²) in [6, 6.07) is 7.24. The van der Waals surface area contributed by atoms with Crippen LogP contribution in [0.15, 0.2) is 29.6 Å². The SMILES string of the molecule is CC1CC(C)CN(C(C)(C)CNC(=O)Cc2csc(COc3ccc(Cl)cc3)n2)C1. The number of amides is 1. The van der Waals surface area contributed by atoms with E-state index < -0.39 is 0 Å². The molecule has 3 rings (SSSR count). The van der Waals surface area contributed by atoms with Crippen molar-refractivity contribution in [3.05, 3.63) is 45.4 Å². The number of nitrogens with one attached hydrogen (secondary N) is 1. The number of likely N-dealkylation sites (tertiary alicyclic amines) is 1. The van der Waals surface area contributed by atoms with Crippen LogP contribution in [-0.4, -0.2) is 41.0 Å². The van der Waals surface area contributed by atoms with Gasteiger partial charge in [0, 0.05) is 35.6 Å². The van der Waals surface area contributed by atoms with Crippen molar-refractivity contribution in [2.75, 3.05) is 19.6 Å². The number of rotatable bonds is 8. The minimum atomic E-state index is -0.0573. The van der Waals surface area contributed by atoms with Crippen LogP contribution in [0.5, 0.6) is 5.75 Å². The molecule has 164 valence electrons. The highest BCUT2D eigenvalue weighted by atomic mass is 35.5. The summed E-state index contributed by atoms with van der Waals surface area (Å²) >= 11 is 7.40. The molecule has 0 bridgehead atoms. The molecule has 2 aromatic rings. The Bertz CT molecular complexity index is 827. The zero-order chi connectivity index (χ0) is 21.7. The first-order valence-electron chi connectivity index (χ1n) is 10.5. The van der Waals surface area contributed by atoms with Gasteiger partial charge in [-0.1, -0.05) is 25.4 Å². The summed E-state index contributed by atoms with van der Waals surface area (Å²) < 4.78 is 5.73. The lowest BCUT2D eigenvalue weighted by atomic mass is 9.88. The molecule has 2 heterocycles. The van der Waals surface area contributed by atoms with Crippen LogP contribution in [0.2, 0.25) is 5.02 Å². The van der Waals surface area contributed by atoms with Gasteiger partial charge in [0.15, 0.2) is 0 Å². The first kappa shape index (κ1) is 23.0. The smallest absolute Gasteiger partial charge is 0.226 e. The number of benzene rings is 1. The lowest BCUT2D eigenvalue weighted by molar-refractivity contribution is -0.121. The van der Waals surface area contributed by atoms with E-state index in [1.165, 1.54) is 17.8 Å². The highest BCUT2D eigenvalue weighted by Crippen LogP contribution is 2.27. The van der Waals surface area contributed by atoms with Crippen molar-refractivity contribution in [2.24, 2.45) is 11.8 Å². The van der Waals surface area contributed by atoms with Gasteiger partial charge in [-0.05, 0) is 56.4 Å². The fraction of sp³-hybridized carbons (Fsp3) is 0.565. The lowest BCUT2D eigenvalue weighted by Gasteiger charge is -2.45. The third kappa shape index (κ3) is 6.69. The van der Waals surface area contributed by atoms with Gasteiger partial charge in [0.1, 0.15) is 17.4 Å². The fourth-order valence-corrected chi connectivity index (χ4v) is 4.81. The topological polar surface area (TPSA) is 54.5 Å². The van der Waals surface area contributed by atoms with E-state index in [1.807, 2.05) is 17.5 Å². The Morgan fingerprint density at radius 1 is 1.27 bits per heavy atom. The van der Waals surface area contributed by atoms with Crippen molar-refractivity contribution in [2.45, 2.75) is 52.7 Å². The summed E-state index contributed by atoms with van der Waals surface area (Å²) in [7, 11) is 0. The zero-order valence-electron chi connectivity index (χ0n) is 18.3. The maximum absolute atomic E-state index is 12.5. The summed E-state index contributed by atoms with van der Waals surface area (Å²) in [5, 5.41) is 6.57. The van der Waals surface area contributed by atoms with Crippen molar-refractivity contribution < 1.29 is 9.53 Å². The van der Waals surface area contributed by atoms with Crippen molar-refractivity contribution in [3.8, 4) is 5.75 Å². The average molecular weight is 450 g/mol. The maximum Gasteiger partial charge on any atom is 0.226 e. The second-order valence-corrected chi connectivity index (χ2v) is 10.5. The molecular weight excluding hydrogens is 418 g/mol. The van der Waals surface area contributed by atoms with Gasteiger partial charge in [0.25, 0.3) is 0 Å². The van der Waals surface area contributed by atoms with E-state index in [-0.39, 0.29) is 11.4 Å². The molecule has 1 saturated heterocycles. The van der Waals surface area contributed by atoms with Gasteiger partial charge in [0.05, 0.1) is 12.1 Å². The molecule has 1 amide bonds. The number of hydrogen-bond donors (Lipinski definition) is 1. The van der Waals surface area contributed by atoms with E-state index in [0.29, 0.717) is 36.4 Å². The molecule has 30 heavy (non-hydrogen) atoms. The van der Waals surface area contributed by atoms with Gasteiger partial charge in [0.2, 0.25) is 5.91 Å². The van der Waals surface area contributed by atoms with Crippen molar-refractivity contribution in [1.82, 2.24) is 15.2 Å². The predicted molar refractivity (Wildman–Crippen MR) is 123 cm³/mol. The molecule has 5 nitrogen and oxygen atoms in total. The van der Waals surface area contributed by atoms with Gasteiger partial charge in [-0.25, -0.2) is 4.98 Å². The molecule has 7 heteroatoms. The minimum Gasteiger partial charge on any atom is -0.486 e. The molecule has 2 unspecified atom stereocenters. The molecule has 0 aliphatic carbocycles. The number of piperidine rings is 1. The first-order valence-corrected chi connectivity index (χ1v) is 11.8. The summed E-state index contributed by atoms with van der Waals surface area (Å²) in [5.74, 6) is 2.16. The molecule has 1 aliphatic heterocycles. The highest BCUT2D eigenvalue weighted by Gasteiger charge is 2.32. The number of carbonyl (C=O) groups excluding carboxylic acids is 1. The standard InChI is InChI=1S/C23H32ClN3O2S/c1-16-9-17(2)12-27(11-16)23(3,4)15-25-21(28)10-19-14-30-22(26-19)13-29-20-7-5-18(24)6-8-20/h5-8,14,16-17H,9-13,15H2,1-4H3,(H,25,28). The Morgan fingerprint density at radius 2 is 1.93 bits per heavy atom. The van der Waals surface area contributed by atoms with Gasteiger partial charge >= 0.3 is 0 Å². The summed E-state index contributed by atoms with van der Waals surface area (Å²) in [5.41, 5.74) is 0.725. The molecule has 2 atom stereocenters. The van der Waals surface area contributed by atoms with Crippen molar-refractivity contribution in [1.29, 1.82) is 0 Å². The number of halogens is 1. The number of carbonyl (C=O) groups is 1. The fourth-order valence-electron chi connectivity index (χ4n) is 3.98. The Labute approximate surface area is 188 Å². The molecule has 1 fully saturated rings. The molecule has 1 aliphatic rings. The van der Waals surface area contributed by atoms with Crippen LogP contribution < -0.4 is 10.1 Å². The van der Waals surface area contributed by atoms with Crippen LogP contribution in [0.3, 0.4) is 0 Å². The number of ether oxygens (including phenoxy) is 1. The van der Waals surface area contributed by atoms with E-state index in [9.17, 15) is 4.79 Å². The van der Waals surface area contributed by atoms with Crippen LogP contribution in [0.25, 0.3) is 0 Å². The number of thiazole rings is 1. The Kier molecular flexibility index (Phi) is 7.77. The zero-order valence-corrected chi connectivity index (χ0v) is 19.9. The number of aromatic nitrogens is 1. The molecule has 1 aromatic carbocycles. The van der Waals surface area contributed by atoms with E-state index in [4.69, 9.17) is 16.3 Å². The van der Waals surface area contributed by atoms with Crippen molar-refractivity contribution in [3.63, 3.8) is 0 Å². The maximum atomic E-state index is 12.5. The van der Waals surface area contributed by atoms with Gasteiger partial charge in [-0.15, -0.1) is 11.3 Å². The molecule has 1 aromatic heterocycles. The normalized spacial score (nSPS) is 20.2. The van der Waals surface area contributed by atoms with Crippen LogP contribution in [0, 0.1) is 11.8 Å². The molecular formula is C23H32ClN3O2S. The van der Waals surface area contributed by atoms with E-state index in [2.05, 4.69) is 42.9 Å². The Balaban J connectivity index is 1.45. The summed E-state index contributed by atoms with van der Waals surface area (Å²) in [6.07, 6.45) is 1.58. The monoisotopic (exact) mass is 449 g/mol. The second kappa shape index (κ2) is 10.1. The lowest BCUT2D eigenvalue weighted by Crippen LogP contribution is -2.56. The van der Waals surface area contributed by atoms with Crippen LogP contribution in [-0.2, 0) is 17.8 Å². The third-order valence-electron chi connectivity index (χ3n) is 5.56. The largest absolute Gasteiger partial charge is 0.486 e. The predicted octanol–water partition coefficient (Wildman–Crippen LogP) is 4.79. The van der Waals surface area contributed by atoms with Gasteiger partial charge < -0.3 is 10.1 Å². The molecule has 0 spiro atoms. The summed E-state index contributed by atoms with van der Waals surface area (Å²) in [6.45, 7) is 12.3. The van der Waals surface area contributed by atoms with E-state index >= 15 is 0 Å². The highest BCUT2D eigenvalue weighted by molar-refractivity contribution is 7.09. The van der Waals surface area contributed by atoms with Gasteiger partial charge in [-0.2, -0.15) is 0 Å². The number of nitrogens with zero attached hydrogens (tertiary/aromatic N) is 2. The van der Waals surface area contributed by atoms with Crippen molar-refractivity contribution >= 4 is 28.8 Å². The third-order valence-corrected chi connectivity index (χ3v) is 6.68. The molecule has 0 saturated carbocycles. The van der Waals surface area contributed by atoms with E-state index in [1.54, 1.807) is 12.1 Å².